The number of rotatable bonds is 6. The third-order valence-corrected chi connectivity index (χ3v) is 6.10. The molecule has 0 saturated heterocycles. The zero-order valence-electron chi connectivity index (χ0n) is 20.4. The highest BCUT2D eigenvalue weighted by molar-refractivity contribution is 6.30. The molecule has 1 amide bonds. The summed E-state index contributed by atoms with van der Waals surface area (Å²) in [6.45, 7) is 1.18. The minimum Gasteiger partial charge on any atom is -0.452 e. The Morgan fingerprint density at radius 1 is 1.18 bits per heavy atom. The van der Waals surface area contributed by atoms with Crippen LogP contribution in [0.3, 0.4) is 0 Å². The standard InChI is InChI=1S/C25H18ClF4N5O5/c1-24(21-17(27)8-5-15(32-21)10-19(36)18-9-4-14(26)12-31-18)11-20(25(28,29)30)40-23(34-24)33-22(37)13-2-6-16(7-3-13)35(38)39/h2-9,12,20H,10-11H2,1H3,(H,33,34,37)/t20-,24-/m0/s1. The molecule has 1 aliphatic heterocycles. The number of pyridine rings is 2. The summed E-state index contributed by atoms with van der Waals surface area (Å²) in [5.41, 5.74) is -2.81. The molecule has 1 N–H and O–H groups in total. The largest absolute Gasteiger partial charge is 0.452 e. The maximum absolute atomic E-state index is 15.0. The number of aliphatic imine (C=N–C) groups is 1. The Balaban J connectivity index is 1.65. The van der Waals surface area contributed by atoms with Crippen molar-refractivity contribution >= 4 is 35.0 Å². The zero-order valence-corrected chi connectivity index (χ0v) is 21.2. The molecule has 1 aromatic carbocycles. The number of halogens is 5. The molecule has 15 heteroatoms. The molecule has 0 spiro atoms. The Kier molecular flexibility index (Phi) is 7.82. The van der Waals surface area contributed by atoms with Gasteiger partial charge in [0.1, 0.15) is 22.7 Å². The fourth-order valence-corrected chi connectivity index (χ4v) is 3.99. The van der Waals surface area contributed by atoms with Crippen molar-refractivity contribution in [2.75, 3.05) is 0 Å². The number of nitrogens with one attached hydrogen (secondary N) is 1. The number of hydrogen-bond donors (Lipinski definition) is 1. The van der Waals surface area contributed by atoms with Crippen LogP contribution in [0.2, 0.25) is 5.02 Å². The lowest BCUT2D eigenvalue weighted by molar-refractivity contribution is -0.384. The van der Waals surface area contributed by atoms with Crippen molar-refractivity contribution in [3.8, 4) is 0 Å². The monoisotopic (exact) mass is 579 g/mol. The number of Topliss-reactive ketones (excluding diaryl/α,β-unsaturated/α-hetero) is 1. The average Bonchev–Trinajstić information content (AvgIpc) is 2.89. The first-order valence-electron chi connectivity index (χ1n) is 11.4. The van der Waals surface area contributed by atoms with Gasteiger partial charge in [0.2, 0.25) is 0 Å². The van der Waals surface area contributed by atoms with E-state index in [0.29, 0.717) is 5.02 Å². The van der Waals surface area contributed by atoms with Gasteiger partial charge in [0, 0.05) is 36.0 Å². The molecule has 0 aliphatic carbocycles. The van der Waals surface area contributed by atoms with Gasteiger partial charge in [0.15, 0.2) is 11.9 Å². The Bertz CT molecular complexity index is 1500. The van der Waals surface area contributed by atoms with Gasteiger partial charge in [-0.3, -0.25) is 35.0 Å². The van der Waals surface area contributed by atoms with Crippen LogP contribution < -0.4 is 5.32 Å². The summed E-state index contributed by atoms with van der Waals surface area (Å²) in [4.78, 5) is 47.4. The summed E-state index contributed by atoms with van der Waals surface area (Å²) in [6, 6.07) is 8.39. The number of aromatic nitrogens is 2. The van der Waals surface area contributed by atoms with Gasteiger partial charge in [0.05, 0.1) is 16.4 Å². The zero-order chi connectivity index (χ0) is 29.2. The van der Waals surface area contributed by atoms with Crippen molar-refractivity contribution in [3.63, 3.8) is 0 Å². The number of non-ortho nitro benzene ring substituents is 1. The van der Waals surface area contributed by atoms with Gasteiger partial charge in [-0.1, -0.05) is 11.6 Å². The van der Waals surface area contributed by atoms with Crippen molar-refractivity contribution in [1.82, 2.24) is 15.3 Å². The van der Waals surface area contributed by atoms with Crippen molar-refractivity contribution in [3.05, 3.63) is 98.3 Å². The lowest BCUT2D eigenvalue weighted by Gasteiger charge is -2.36. The first-order chi connectivity index (χ1) is 18.7. The lowest BCUT2D eigenvalue weighted by atomic mass is 9.89. The van der Waals surface area contributed by atoms with E-state index in [4.69, 9.17) is 16.3 Å². The van der Waals surface area contributed by atoms with Crippen LogP contribution in [-0.4, -0.2) is 44.9 Å². The second-order valence-corrected chi connectivity index (χ2v) is 9.33. The number of benzene rings is 1. The third kappa shape index (κ3) is 6.39. The van der Waals surface area contributed by atoms with E-state index in [1.54, 1.807) is 0 Å². The van der Waals surface area contributed by atoms with Crippen LogP contribution in [0.15, 0.2) is 59.7 Å². The van der Waals surface area contributed by atoms with Gasteiger partial charge in [-0.2, -0.15) is 13.2 Å². The topological polar surface area (TPSA) is 137 Å². The van der Waals surface area contributed by atoms with Crippen molar-refractivity contribution in [1.29, 1.82) is 0 Å². The van der Waals surface area contributed by atoms with Gasteiger partial charge >= 0.3 is 6.18 Å². The smallest absolute Gasteiger partial charge is 0.425 e. The molecule has 1 aliphatic rings. The fraction of sp³-hybridized carbons (Fsp3) is 0.240. The molecule has 4 rings (SSSR count). The highest BCUT2D eigenvalue weighted by Gasteiger charge is 2.51. The minimum atomic E-state index is -4.93. The van der Waals surface area contributed by atoms with Crippen LogP contribution in [0.25, 0.3) is 0 Å². The van der Waals surface area contributed by atoms with E-state index in [-0.39, 0.29) is 29.1 Å². The predicted molar refractivity (Wildman–Crippen MR) is 132 cm³/mol. The molecule has 3 aromatic rings. The summed E-state index contributed by atoms with van der Waals surface area (Å²) >= 11 is 5.77. The van der Waals surface area contributed by atoms with E-state index in [0.717, 1.165) is 30.3 Å². The fourth-order valence-electron chi connectivity index (χ4n) is 3.88. The molecule has 0 saturated carbocycles. The molecule has 0 bridgehead atoms. The quantitative estimate of drug-likeness (QED) is 0.189. The van der Waals surface area contributed by atoms with E-state index in [9.17, 15) is 37.3 Å². The molecule has 0 fully saturated rings. The normalized spacial score (nSPS) is 18.9. The summed E-state index contributed by atoms with van der Waals surface area (Å²) in [6.07, 6.45) is -7.38. The highest BCUT2D eigenvalue weighted by Crippen LogP contribution is 2.40. The number of carbonyl (C=O) groups excluding carboxylic acids is 2. The highest BCUT2D eigenvalue weighted by atomic mass is 35.5. The molecular formula is C25H18ClF4N5O5. The van der Waals surface area contributed by atoms with Crippen LogP contribution in [0, 0.1) is 15.9 Å². The number of alkyl halides is 3. The molecule has 2 atom stereocenters. The van der Waals surface area contributed by atoms with Crippen molar-refractivity contribution in [2.24, 2.45) is 4.99 Å². The molecule has 40 heavy (non-hydrogen) atoms. The van der Waals surface area contributed by atoms with E-state index >= 15 is 0 Å². The minimum absolute atomic E-state index is 0.0427. The summed E-state index contributed by atoms with van der Waals surface area (Å²) in [5, 5.41) is 13.2. The van der Waals surface area contributed by atoms with Crippen LogP contribution in [0.1, 0.15) is 45.6 Å². The lowest BCUT2D eigenvalue weighted by Crippen LogP contribution is -2.49. The second kappa shape index (κ2) is 11.0. The van der Waals surface area contributed by atoms with E-state index in [2.05, 4.69) is 20.3 Å². The number of hydrogen-bond acceptors (Lipinski definition) is 8. The van der Waals surface area contributed by atoms with E-state index < -0.39 is 58.4 Å². The predicted octanol–water partition coefficient (Wildman–Crippen LogP) is 4.96. The third-order valence-electron chi connectivity index (χ3n) is 5.88. The molecule has 3 heterocycles. The van der Waals surface area contributed by atoms with Gasteiger partial charge in [-0.25, -0.2) is 9.38 Å². The maximum atomic E-state index is 15.0. The summed E-state index contributed by atoms with van der Waals surface area (Å²) in [5.74, 6) is -2.45. The van der Waals surface area contributed by atoms with Gasteiger partial charge in [0.25, 0.3) is 17.6 Å². The number of amides is 1. The number of ketones is 1. The molecule has 0 unspecified atom stereocenters. The first kappa shape index (κ1) is 28.5. The maximum Gasteiger partial charge on any atom is 0.425 e. The molecule has 10 nitrogen and oxygen atoms in total. The Hall–Kier alpha value is -4.46. The Labute approximate surface area is 228 Å². The summed E-state index contributed by atoms with van der Waals surface area (Å²) < 4.78 is 61.2. The van der Waals surface area contributed by atoms with E-state index in [1.807, 2.05) is 0 Å². The molecule has 2 aromatic heterocycles. The molecular weight excluding hydrogens is 562 g/mol. The number of ether oxygens (including phenoxy) is 1. The number of carbonyl (C=O) groups is 2. The first-order valence-corrected chi connectivity index (χ1v) is 11.8. The van der Waals surface area contributed by atoms with Crippen LogP contribution in [0.5, 0.6) is 0 Å². The average molecular weight is 580 g/mol. The van der Waals surface area contributed by atoms with Gasteiger partial charge < -0.3 is 4.74 Å². The molecule has 0 radical (unpaired) electrons. The molecule has 208 valence electrons. The van der Waals surface area contributed by atoms with Crippen LogP contribution in [0.4, 0.5) is 23.2 Å². The van der Waals surface area contributed by atoms with Crippen LogP contribution >= 0.6 is 11.6 Å². The summed E-state index contributed by atoms with van der Waals surface area (Å²) in [7, 11) is 0. The van der Waals surface area contributed by atoms with Crippen molar-refractivity contribution in [2.45, 2.75) is 37.6 Å². The number of nitrogens with zero attached hydrogens (tertiary/aromatic N) is 4. The Morgan fingerprint density at radius 3 is 2.48 bits per heavy atom. The Morgan fingerprint density at radius 2 is 1.88 bits per heavy atom. The number of amidine groups is 1. The SMILES string of the molecule is C[C@@]1(c2nc(CC(=O)c3ccc(Cl)cn3)ccc2F)C[C@@H](C(F)(F)F)OC(NC(=O)c2ccc([N+](=O)[O-])cc2)=N1. The second-order valence-electron chi connectivity index (χ2n) is 8.90. The van der Waals surface area contributed by atoms with Crippen molar-refractivity contribution < 1.29 is 36.8 Å². The van der Waals surface area contributed by atoms with Crippen LogP contribution in [-0.2, 0) is 16.7 Å². The van der Waals surface area contributed by atoms with Gasteiger partial charge in [-0.15, -0.1) is 0 Å². The number of nitro groups is 1. The van der Waals surface area contributed by atoms with E-state index in [1.165, 1.54) is 31.3 Å². The van der Waals surface area contributed by atoms with Gasteiger partial charge in [-0.05, 0) is 43.3 Å². The number of nitro benzene ring substituents is 1.